The number of thioether (sulfide) groups is 1. The Kier molecular flexibility index (Phi) is 4.69. The van der Waals surface area contributed by atoms with Gasteiger partial charge in [-0.05, 0) is 43.7 Å². The van der Waals surface area contributed by atoms with E-state index in [1.807, 2.05) is 44.2 Å². The summed E-state index contributed by atoms with van der Waals surface area (Å²) in [5.41, 5.74) is 2.60. The summed E-state index contributed by atoms with van der Waals surface area (Å²) in [7, 11) is 0. The Bertz CT molecular complexity index is 608. The number of phenols is 1. The van der Waals surface area contributed by atoms with Crippen LogP contribution < -0.4 is 5.32 Å². The number of nitrogens with one attached hydrogen (secondary N) is 1. The first-order valence-corrected chi connectivity index (χ1v) is 7.32. The van der Waals surface area contributed by atoms with Gasteiger partial charge in [-0.1, -0.05) is 23.8 Å². The summed E-state index contributed by atoms with van der Waals surface area (Å²) in [5, 5.41) is 12.4. The van der Waals surface area contributed by atoms with Crippen molar-refractivity contribution in [2.75, 3.05) is 11.1 Å². The highest BCUT2D eigenvalue weighted by Crippen LogP contribution is 2.24. The lowest BCUT2D eigenvalue weighted by Crippen LogP contribution is -2.14. The maximum absolute atomic E-state index is 11.8. The Balaban J connectivity index is 1.90. The summed E-state index contributed by atoms with van der Waals surface area (Å²) in [6.07, 6.45) is 0. The van der Waals surface area contributed by atoms with Gasteiger partial charge in [0.05, 0.1) is 11.4 Å². The molecule has 3 nitrogen and oxygen atoms in total. The topological polar surface area (TPSA) is 49.3 Å². The molecule has 0 bridgehead atoms. The van der Waals surface area contributed by atoms with Crippen LogP contribution in [0.25, 0.3) is 0 Å². The number of hydrogen-bond donors (Lipinski definition) is 2. The Morgan fingerprint density at radius 3 is 2.40 bits per heavy atom. The summed E-state index contributed by atoms with van der Waals surface area (Å²) in [5.74, 6) is 0.282. The van der Waals surface area contributed by atoms with E-state index in [9.17, 15) is 9.90 Å². The lowest BCUT2D eigenvalue weighted by atomic mass is 10.2. The van der Waals surface area contributed by atoms with Gasteiger partial charge in [0.1, 0.15) is 5.75 Å². The average molecular weight is 287 g/mol. The monoisotopic (exact) mass is 287 g/mol. The highest BCUT2D eigenvalue weighted by Gasteiger charge is 2.07. The Morgan fingerprint density at radius 2 is 1.75 bits per heavy atom. The fourth-order valence-electron chi connectivity index (χ4n) is 1.72. The summed E-state index contributed by atoms with van der Waals surface area (Å²) in [6, 6.07) is 13.2. The minimum Gasteiger partial charge on any atom is -0.506 e. The predicted octanol–water partition coefficient (Wildman–Crippen LogP) is 3.74. The summed E-state index contributed by atoms with van der Waals surface area (Å²) in [6.45, 7) is 3.92. The molecule has 4 heteroatoms. The van der Waals surface area contributed by atoms with Gasteiger partial charge in [-0.25, -0.2) is 0 Å². The van der Waals surface area contributed by atoms with Crippen molar-refractivity contribution in [1.82, 2.24) is 0 Å². The van der Waals surface area contributed by atoms with Gasteiger partial charge in [0.2, 0.25) is 5.91 Å². The van der Waals surface area contributed by atoms with Crippen molar-refractivity contribution in [2.45, 2.75) is 18.7 Å². The van der Waals surface area contributed by atoms with Crippen LogP contribution in [0.2, 0.25) is 0 Å². The number of carbonyl (C=O) groups excluding carboxylic acids is 1. The van der Waals surface area contributed by atoms with Gasteiger partial charge < -0.3 is 10.4 Å². The molecule has 0 fully saturated rings. The summed E-state index contributed by atoms with van der Waals surface area (Å²) in [4.78, 5) is 12.9. The number of benzene rings is 2. The lowest BCUT2D eigenvalue weighted by Gasteiger charge is -2.08. The Hall–Kier alpha value is -1.94. The van der Waals surface area contributed by atoms with Crippen LogP contribution in [0.3, 0.4) is 0 Å². The number of aromatic hydroxyl groups is 1. The highest BCUT2D eigenvalue weighted by molar-refractivity contribution is 8.00. The van der Waals surface area contributed by atoms with Crippen LogP contribution in [-0.4, -0.2) is 16.8 Å². The van der Waals surface area contributed by atoms with Gasteiger partial charge in [-0.2, -0.15) is 0 Å². The van der Waals surface area contributed by atoms with Crippen LogP contribution in [0.4, 0.5) is 5.69 Å². The molecule has 0 saturated carbocycles. The molecular formula is C16H17NO2S. The molecule has 0 aliphatic carbocycles. The van der Waals surface area contributed by atoms with E-state index >= 15 is 0 Å². The van der Waals surface area contributed by atoms with Crippen LogP contribution in [0.5, 0.6) is 5.75 Å². The number of aryl methyl sites for hydroxylation is 2. The second kappa shape index (κ2) is 6.48. The minimum atomic E-state index is -0.130. The van der Waals surface area contributed by atoms with E-state index in [0.717, 1.165) is 10.5 Å². The standard InChI is InChI=1S/C16H17NO2S/c1-11-3-6-13(7-4-11)20-10-16(19)17-14-8-5-12(2)9-15(14)18/h3-9,18H,10H2,1-2H3,(H,17,19). The molecule has 0 aliphatic heterocycles. The van der Waals surface area contributed by atoms with E-state index in [0.29, 0.717) is 11.4 Å². The SMILES string of the molecule is Cc1ccc(SCC(=O)Nc2ccc(C)cc2O)cc1. The van der Waals surface area contributed by atoms with Crippen molar-refractivity contribution in [2.24, 2.45) is 0 Å². The molecule has 0 saturated heterocycles. The molecule has 1 amide bonds. The molecule has 2 aromatic rings. The number of phenolic OH excluding ortho intramolecular Hbond substituents is 1. The molecule has 0 unspecified atom stereocenters. The van der Waals surface area contributed by atoms with Gasteiger partial charge in [-0.3, -0.25) is 4.79 Å². The smallest absolute Gasteiger partial charge is 0.234 e. The fourth-order valence-corrected chi connectivity index (χ4v) is 2.42. The summed E-state index contributed by atoms with van der Waals surface area (Å²) < 4.78 is 0. The first-order valence-electron chi connectivity index (χ1n) is 6.33. The molecule has 2 N–H and O–H groups in total. The van der Waals surface area contributed by atoms with Crippen molar-refractivity contribution in [3.8, 4) is 5.75 Å². The number of carbonyl (C=O) groups is 1. The molecule has 0 heterocycles. The fraction of sp³-hybridized carbons (Fsp3) is 0.188. The molecule has 0 radical (unpaired) electrons. The molecule has 2 rings (SSSR count). The largest absolute Gasteiger partial charge is 0.506 e. The van der Waals surface area contributed by atoms with E-state index in [-0.39, 0.29) is 11.7 Å². The van der Waals surface area contributed by atoms with E-state index < -0.39 is 0 Å². The average Bonchev–Trinajstić information content (AvgIpc) is 2.41. The number of rotatable bonds is 4. The van der Waals surface area contributed by atoms with Crippen LogP contribution >= 0.6 is 11.8 Å². The molecule has 0 spiro atoms. The molecule has 0 aromatic heterocycles. The van der Waals surface area contributed by atoms with Crippen molar-refractivity contribution in [1.29, 1.82) is 0 Å². The van der Waals surface area contributed by atoms with Gasteiger partial charge in [-0.15, -0.1) is 11.8 Å². The Labute approximate surface area is 123 Å². The van der Waals surface area contributed by atoms with Crippen LogP contribution in [0.1, 0.15) is 11.1 Å². The predicted molar refractivity (Wildman–Crippen MR) is 83.4 cm³/mol. The number of amides is 1. The van der Waals surface area contributed by atoms with Gasteiger partial charge in [0.25, 0.3) is 0 Å². The van der Waals surface area contributed by atoms with Crippen LogP contribution in [-0.2, 0) is 4.79 Å². The summed E-state index contributed by atoms with van der Waals surface area (Å²) >= 11 is 1.47. The second-order valence-electron chi connectivity index (χ2n) is 4.67. The van der Waals surface area contributed by atoms with Crippen molar-refractivity contribution < 1.29 is 9.90 Å². The van der Waals surface area contributed by atoms with Crippen LogP contribution in [0, 0.1) is 13.8 Å². The molecule has 2 aromatic carbocycles. The third-order valence-electron chi connectivity index (χ3n) is 2.82. The van der Waals surface area contributed by atoms with E-state index in [1.54, 1.807) is 12.1 Å². The number of anilines is 1. The van der Waals surface area contributed by atoms with Crippen molar-refractivity contribution in [3.05, 3.63) is 53.6 Å². The van der Waals surface area contributed by atoms with Crippen LogP contribution in [0.15, 0.2) is 47.4 Å². The first kappa shape index (κ1) is 14.5. The van der Waals surface area contributed by atoms with Gasteiger partial charge in [0, 0.05) is 4.90 Å². The van der Waals surface area contributed by atoms with Crippen molar-refractivity contribution in [3.63, 3.8) is 0 Å². The molecule has 104 valence electrons. The maximum atomic E-state index is 11.8. The van der Waals surface area contributed by atoms with E-state index in [2.05, 4.69) is 5.32 Å². The Morgan fingerprint density at radius 1 is 1.10 bits per heavy atom. The minimum absolute atomic E-state index is 0.0960. The third kappa shape index (κ3) is 4.03. The zero-order chi connectivity index (χ0) is 14.5. The maximum Gasteiger partial charge on any atom is 0.234 e. The normalized spacial score (nSPS) is 10.3. The van der Waals surface area contributed by atoms with Gasteiger partial charge in [0.15, 0.2) is 0 Å². The zero-order valence-corrected chi connectivity index (χ0v) is 12.3. The lowest BCUT2D eigenvalue weighted by molar-refractivity contribution is -0.113. The molecular weight excluding hydrogens is 270 g/mol. The molecule has 20 heavy (non-hydrogen) atoms. The van der Waals surface area contributed by atoms with E-state index in [4.69, 9.17) is 0 Å². The molecule has 0 aliphatic rings. The van der Waals surface area contributed by atoms with Crippen molar-refractivity contribution >= 4 is 23.4 Å². The third-order valence-corrected chi connectivity index (χ3v) is 3.83. The second-order valence-corrected chi connectivity index (χ2v) is 5.72. The first-order chi connectivity index (χ1) is 9.54. The molecule has 0 atom stereocenters. The van der Waals surface area contributed by atoms with E-state index in [1.165, 1.54) is 17.3 Å². The highest BCUT2D eigenvalue weighted by atomic mass is 32.2. The quantitative estimate of drug-likeness (QED) is 0.665. The number of hydrogen-bond acceptors (Lipinski definition) is 3. The van der Waals surface area contributed by atoms with Gasteiger partial charge >= 0.3 is 0 Å². The zero-order valence-electron chi connectivity index (χ0n) is 11.5.